The Kier molecular flexibility index (Phi) is 20.8. The van der Waals surface area contributed by atoms with E-state index >= 15 is 0 Å². The van der Waals surface area contributed by atoms with Gasteiger partial charge in [-0.2, -0.15) is 15.0 Å². The van der Waals surface area contributed by atoms with E-state index in [4.69, 9.17) is 14.2 Å². The van der Waals surface area contributed by atoms with Gasteiger partial charge in [0.05, 0.1) is 30.9 Å². The minimum atomic E-state index is -1.03. The van der Waals surface area contributed by atoms with E-state index in [0.29, 0.717) is 71.3 Å². The Morgan fingerprint density at radius 2 is 0.850 bits per heavy atom. The standard InChI is InChI=1S/C48H68N6O6/c1-7-13-16-34(10-4)31-58-43(55)37-19-25-40(26-20-37)49-46-52-47(50-41-27-21-38(22-28-41)44(56)59-32-35(11-5)17-14-8-2)54-48(53-46)51-42-29-23-39(24-30-42)45(57)60-33-36(12-6)18-15-9-3/h19-30,34-36,43,55H,7-18,31-33H2,1-6H3,(H3,49,50,51,52,53,54). The third-order valence-corrected chi connectivity index (χ3v) is 10.9. The Morgan fingerprint density at radius 1 is 0.517 bits per heavy atom. The third kappa shape index (κ3) is 16.2. The van der Waals surface area contributed by atoms with Crippen LogP contribution in [0.1, 0.15) is 151 Å². The average molecular weight is 825 g/mol. The molecule has 60 heavy (non-hydrogen) atoms. The molecule has 4 rings (SSSR count). The number of aliphatic hydroxyl groups is 1. The van der Waals surface area contributed by atoms with E-state index in [0.717, 1.165) is 77.0 Å². The van der Waals surface area contributed by atoms with Crippen LogP contribution in [0.2, 0.25) is 0 Å². The smallest absolute Gasteiger partial charge is 0.338 e. The Hall–Kier alpha value is -5.07. The summed E-state index contributed by atoms with van der Waals surface area (Å²) in [5.41, 5.74) is 3.57. The predicted molar refractivity (Wildman–Crippen MR) is 240 cm³/mol. The van der Waals surface area contributed by atoms with E-state index < -0.39 is 6.29 Å². The second-order valence-electron chi connectivity index (χ2n) is 15.6. The molecule has 0 fully saturated rings. The zero-order valence-corrected chi connectivity index (χ0v) is 36.7. The van der Waals surface area contributed by atoms with Gasteiger partial charge in [-0.3, -0.25) is 0 Å². The predicted octanol–water partition coefficient (Wildman–Crippen LogP) is 12.1. The van der Waals surface area contributed by atoms with Crippen molar-refractivity contribution >= 4 is 46.8 Å². The summed E-state index contributed by atoms with van der Waals surface area (Å²) in [6, 6.07) is 21.2. The number of nitrogens with one attached hydrogen (secondary N) is 3. The molecule has 326 valence electrons. The Morgan fingerprint density at radius 3 is 1.18 bits per heavy atom. The number of anilines is 6. The minimum Gasteiger partial charge on any atom is -0.462 e. The van der Waals surface area contributed by atoms with Gasteiger partial charge in [-0.15, -0.1) is 0 Å². The van der Waals surface area contributed by atoms with Gasteiger partial charge in [0.1, 0.15) is 0 Å². The number of ether oxygens (including phenoxy) is 3. The highest BCUT2D eigenvalue weighted by Gasteiger charge is 2.16. The summed E-state index contributed by atoms with van der Waals surface area (Å²) in [7, 11) is 0. The van der Waals surface area contributed by atoms with Crippen molar-refractivity contribution < 1.29 is 28.9 Å². The van der Waals surface area contributed by atoms with E-state index in [1.54, 1.807) is 60.7 Å². The lowest BCUT2D eigenvalue weighted by molar-refractivity contribution is -0.114. The van der Waals surface area contributed by atoms with Crippen LogP contribution >= 0.6 is 0 Å². The molecule has 1 heterocycles. The number of hydrogen-bond donors (Lipinski definition) is 4. The van der Waals surface area contributed by atoms with Crippen LogP contribution in [0, 0.1) is 17.8 Å². The zero-order chi connectivity index (χ0) is 43.1. The van der Waals surface area contributed by atoms with Gasteiger partial charge in [0, 0.05) is 22.6 Å². The molecule has 0 saturated heterocycles. The SMILES string of the molecule is CCCCC(CC)COC(=O)c1ccc(Nc2nc(Nc3ccc(C(=O)OCC(CC)CCCC)cc3)nc(Nc3ccc(C(O)OCC(CC)CCCC)cc3)n2)cc1. The molecule has 0 amide bonds. The fourth-order valence-corrected chi connectivity index (χ4v) is 6.61. The number of hydrogen-bond acceptors (Lipinski definition) is 12. The lowest BCUT2D eigenvalue weighted by Crippen LogP contribution is -2.14. The first kappa shape index (κ1) is 47.6. The maximum Gasteiger partial charge on any atom is 0.338 e. The number of carbonyl (C=O) groups is 2. The van der Waals surface area contributed by atoms with Crippen molar-refractivity contribution in [3.05, 3.63) is 89.5 Å². The largest absolute Gasteiger partial charge is 0.462 e. The summed E-state index contributed by atoms with van der Waals surface area (Å²) in [4.78, 5) is 39.6. The van der Waals surface area contributed by atoms with Crippen LogP contribution in [0.5, 0.6) is 0 Å². The van der Waals surface area contributed by atoms with Gasteiger partial charge in [0.2, 0.25) is 17.8 Å². The molecule has 0 aliphatic carbocycles. The number of esters is 2. The number of carbonyl (C=O) groups excluding carboxylic acids is 2. The Balaban J connectivity index is 1.48. The highest BCUT2D eigenvalue weighted by atomic mass is 16.6. The van der Waals surface area contributed by atoms with E-state index in [9.17, 15) is 14.7 Å². The highest BCUT2D eigenvalue weighted by Crippen LogP contribution is 2.25. The van der Waals surface area contributed by atoms with Crippen LogP contribution in [0.4, 0.5) is 34.9 Å². The second kappa shape index (κ2) is 26.2. The first-order valence-electron chi connectivity index (χ1n) is 22.2. The van der Waals surface area contributed by atoms with E-state index in [1.807, 2.05) is 12.1 Å². The molecule has 0 spiro atoms. The third-order valence-electron chi connectivity index (χ3n) is 10.9. The molecule has 4 unspecified atom stereocenters. The monoisotopic (exact) mass is 825 g/mol. The second-order valence-corrected chi connectivity index (χ2v) is 15.6. The van der Waals surface area contributed by atoms with E-state index in [1.165, 1.54) is 0 Å². The molecule has 3 aromatic carbocycles. The highest BCUT2D eigenvalue weighted by molar-refractivity contribution is 5.90. The fraction of sp³-hybridized carbons (Fsp3) is 0.521. The van der Waals surface area contributed by atoms with E-state index in [2.05, 4.69) is 72.4 Å². The van der Waals surface area contributed by atoms with Crippen molar-refractivity contribution in [2.45, 2.75) is 125 Å². The van der Waals surface area contributed by atoms with Crippen LogP contribution in [0.3, 0.4) is 0 Å². The molecule has 12 nitrogen and oxygen atoms in total. The quantitative estimate of drug-likeness (QED) is 0.0318. The van der Waals surface area contributed by atoms with Crippen LogP contribution in [-0.2, 0) is 14.2 Å². The molecule has 4 aromatic rings. The van der Waals surface area contributed by atoms with Crippen LogP contribution in [-0.4, -0.2) is 51.8 Å². The first-order chi connectivity index (χ1) is 29.2. The normalized spacial score (nSPS) is 13.2. The van der Waals surface area contributed by atoms with Crippen LogP contribution in [0.15, 0.2) is 72.8 Å². The number of rotatable bonds is 28. The molecule has 0 saturated carbocycles. The van der Waals surface area contributed by atoms with Gasteiger partial charge in [-0.1, -0.05) is 111 Å². The number of nitrogens with zero attached hydrogens (tertiary/aromatic N) is 3. The molecular weight excluding hydrogens is 757 g/mol. The van der Waals surface area contributed by atoms with Gasteiger partial charge in [0.25, 0.3) is 0 Å². The first-order valence-corrected chi connectivity index (χ1v) is 22.2. The van der Waals surface area contributed by atoms with Crippen molar-refractivity contribution in [3.63, 3.8) is 0 Å². The molecular formula is C48H68N6O6. The maximum atomic E-state index is 12.8. The molecule has 0 aliphatic heterocycles. The lowest BCUT2D eigenvalue weighted by Gasteiger charge is -2.18. The van der Waals surface area contributed by atoms with Gasteiger partial charge >= 0.3 is 11.9 Å². The van der Waals surface area contributed by atoms with Crippen LogP contribution < -0.4 is 16.0 Å². The summed E-state index contributed by atoms with van der Waals surface area (Å²) in [6.07, 6.45) is 11.8. The Bertz CT molecular complexity index is 1740. The molecule has 0 bridgehead atoms. The van der Waals surface area contributed by atoms with Gasteiger partial charge in [-0.25, -0.2) is 9.59 Å². The Labute approximate surface area is 357 Å². The minimum absolute atomic E-state index is 0.245. The molecule has 0 radical (unpaired) electrons. The van der Waals surface area contributed by atoms with Gasteiger partial charge in [-0.05, 0) is 97.7 Å². The van der Waals surface area contributed by atoms with E-state index in [-0.39, 0.29) is 29.8 Å². The van der Waals surface area contributed by atoms with Crippen molar-refractivity contribution in [2.75, 3.05) is 35.8 Å². The summed E-state index contributed by atoms with van der Waals surface area (Å²) in [5.74, 6) is 1.16. The lowest BCUT2D eigenvalue weighted by atomic mass is 10.0. The summed E-state index contributed by atoms with van der Waals surface area (Å²) >= 11 is 0. The average Bonchev–Trinajstić information content (AvgIpc) is 3.27. The molecule has 1 aromatic heterocycles. The van der Waals surface area contributed by atoms with Crippen molar-refractivity contribution in [2.24, 2.45) is 17.8 Å². The summed E-state index contributed by atoms with van der Waals surface area (Å²) < 4.78 is 17.1. The summed E-state index contributed by atoms with van der Waals surface area (Å²) in [5, 5.41) is 20.5. The molecule has 12 heteroatoms. The number of aliphatic hydroxyl groups excluding tert-OH is 1. The topological polar surface area (TPSA) is 157 Å². The number of aromatic nitrogens is 3. The van der Waals surface area contributed by atoms with Gasteiger partial charge in [0.15, 0.2) is 6.29 Å². The maximum absolute atomic E-state index is 12.8. The number of unbranched alkanes of at least 4 members (excludes halogenated alkanes) is 3. The van der Waals surface area contributed by atoms with Crippen molar-refractivity contribution in [1.29, 1.82) is 0 Å². The molecule has 0 aliphatic rings. The fourth-order valence-electron chi connectivity index (χ4n) is 6.61. The zero-order valence-electron chi connectivity index (χ0n) is 36.7. The molecule has 4 atom stereocenters. The van der Waals surface area contributed by atoms with Gasteiger partial charge < -0.3 is 35.3 Å². The van der Waals surface area contributed by atoms with Crippen LogP contribution in [0.25, 0.3) is 0 Å². The van der Waals surface area contributed by atoms with Crippen molar-refractivity contribution in [1.82, 2.24) is 15.0 Å². The summed E-state index contributed by atoms with van der Waals surface area (Å²) in [6.45, 7) is 14.2. The molecule has 4 N–H and O–H groups in total. The number of benzene rings is 3. The van der Waals surface area contributed by atoms with Crippen molar-refractivity contribution in [3.8, 4) is 0 Å².